The lowest BCUT2D eigenvalue weighted by atomic mass is 10.0. The van der Waals surface area contributed by atoms with Gasteiger partial charge in [0.15, 0.2) is 0 Å². The maximum atomic E-state index is 13.8. The van der Waals surface area contributed by atoms with Crippen molar-refractivity contribution in [2.24, 2.45) is 0 Å². The van der Waals surface area contributed by atoms with E-state index in [0.29, 0.717) is 5.56 Å². The Hall–Kier alpha value is -2.23. The van der Waals surface area contributed by atoms with Crippen molar-refractivity contribution in [3.8, 4) is 11.1 Å². The minimum absolute atomic E-state index is 0.0735. The van der Waals surface area contributed by atoms with Crippen molar-refractivity contribution in [2.45, 2.75) is 0 Å². The Labute approximate surface area is 96.1 Å². The summed E-state index contributed by atoms with van der Waals surface area (Å²) in [5.41, 5.74) is -0.344. The van der Waals surface area contributed by atoms with E-state index >= 15 is 0 Å². The van der Waals surface area contributed by atoms with E-state index in [-0.39, 0.29) is 5.56 Å². The third-order valence-corrected chi connectivity index (χ3v) is 2.39. The van der Waals surface area contributed by atoms with Gasteiger partial charge in [0.2, 0.25) is 0 Å². The van der Waals surface area contributed by atoms with E-state index in [4.69, 9.17) is 5.11 Å². The Morgan fingerprint density at radius 1 is 1.00 bits per heavy atom. The molecule has 0 atom stereocenters. The van der Waals surface area contributed by atoms with Crippen LogP contribution in [-0.2, 0) is 0 Å². The van der Waals surface area contributed by atoms with E-state index < -0.39 is 23.2 Å². The topological polar surface area (TPSA) is 37.3 Å². The van der Waals surface area contributed by atoms with Gasteiger partial charge in [-0.15, -0.1) is 0 Å². The highest BCUT2D eigenvalue weighted by atomic mass is 19.1. The lowest BCUT2D eigenvalue weighted by Gasteiger charge is -2.06. The van der Waals surface area contributed by atoms with Crippen LogP contribution in [-0.4, -0.2) is 11.1 Å². The molecule has 0 saturated carbocycles. The lowest BCUT2D eigenvalue weighted by Crippen LogP contribution is -2.05. The summed E-state index contributed by atoms with van der Waals surface area (Å²) in [6.45, 7) is 0. The van der Waals surface area contributed by atoms with Crippen molar-refractivity contribution in [2.75, 3.05) is 0 Å². The summed E-state index contributed by atoms with van der Waals surface area (Å²) in [6.07, 6.45) is 0. The van der Waals surface area contributed by atoms with Crippen LogP contribution in [0.4, 0.5) is 8.78 Å². The van der Waals surface area contributed by atoms with Gasteiger partial charge in [-0.25, -0.2) is 13.6 Å². The first-order valence-electron chi connectivity index (χ1n) is 4.88. The lowest BCUT2D eigenvalue weighted by molar-refractivity contribution is 0.0686. The van der Waals surface area contributed by atoms with Gasteiger partial charge < -0.3 is 5.11 Å². The van der Waals surface area contributed by atoms with Crippen molar-refractivity contribution < 1.29 is 18.7 Å². The van der Waals surface area contributed by atoms with Crippen molar-refractivity contribution >= 4 is 5.97 Å². The summed E-state index contributed by atoms with van der Waals surface area (Å²) >= 11 is 0. The van der Waals surface area contributed by atoms with E-state index in [2.05, 4.69) is 0 Å². The fourth-order valence-electron chi connectivity index (χ4n) is 1.59. The molecular formula is C13H8F2O2. The Morgan fingerprint density at radius 3 is 2.24 bits per heavy atom. The molecule has 1 N–H and O–H groups in total. The number of hydrogen-bond donors (Lipinski definition) is 1. The molecule has 0 fully saturated rings. The second kappa shape index (κ2) is 4.33. The average Bonchev–Trinajstić information content (AvgIpc) is 2.30. The molecule has 0 aromatic heterocycles. The molecule has 0 heterocycles. The number of carboxylic acids is 1. The molecule has 0 radical (unpaired) electrons. The van der Waals surface area contributed by atoms with Gasteiger partial charge in [0.05, 0.1) is 0 Å². The number of halogens is 2. The van der Waals surface area contributed by atoms with Gasteiger partial charge in [-0.1, -0.05) is 30.3 Å². The molecule has 0 aliphatic heterocycles. The average molecular weight is 234 g/mol. The molecule has 2 aromatic rings. The van der Waals surface area contributed by atoms with E-state index in [1.165, 1.54) is 6.07 Å². The van der Waals surface area contributed by atoms with Gasteiger partial charge in [-0.3, -0.25) is 0 Å². The van der Waals surface area contributed by atoms with Crippen LogP contribution in [0.25, 0.3) is 11.1 Å². The summed E-state index contributed by atoms with van der Waals surface area (Å²) in [5, 5.41) is 8.74. The van der Waals surface area contributed by atoms with Gasteiger partial charge in [-0.2, -0.15) is 0 Å². The minimum atomic E-state index is -1.61. The first-order valence-corrected chi connectivity index (χ1v) is 4.88. The normalized spacial score (nSPS) is 10.2. The van der Waals surface area contributed by atoms with Crippen molar-refractivity contribution in [1.29, 1.82) is 0 Å². The van der Waals surface area contributed by atoms with Gasteiger partial charge in [-0.05, 0) is 17.7 Å². The van der Waals surface area contributed by atoms with Crippen molar-refractivity contribution in [3.05, 3.63) is 59.7 Å². The third-order valence-electron chi connectivity index (χ3n) is 2.39. The number of carboxylic acid groups (broad SMARTS) is 1. The predicted molar refractivity (Wildman–Crippen MR) is 58.8 cm³/mol. The molecule has 2 rings (SSSR count). The highest BCUT2D eigenvalue weighted by Crippen LogP contribution is 2.26. The molecular weight excluding hydrogens is 226 g/mol. The highest BCUT2D eigenvalue weighted by Gasteiger charge is 2.20. The molecule has 0 bridgehead atoms. The Bertz CT molecular complexity index is 565. The number of aromatic carboxylic acids is 1. The second-order valence-corrected chi connectivity index (χ2v) is 3.46. The Balaban J connectivity index is 2.66. The van der Waals surface area contributed by atoms with E-state index in [1.54, 1.807) is 30.3 Å². The molecule has 2 aromatic carbocycles. The zero-order valence-electron chi connectivity index (χ0n) is 8.65. The Morgan fingerprint density at radius 2 is 1.65 bits per heavy atom. The quantitative estimate of drug-likeness (QED) is 0.865. The Kier molecular flexibility index (Phi) is 2.87. The van der Waals surface area contributed by atoms with Crippen LogP contribution in [0.15, 0.2) is 42.5 Å². The predicted octanol–water partition coefficient (Wildman–Crippen LogP) is 3.33. The SMILES string of the molecule is O=C(O)c1c(F)ccc(-c2ccccc2)c1F. The first-order chi connectivity index (χ1) is 8.11. The molecule has 0 aliphatic carbocycles. The fraction of sp³-hybridized carbons (Fsp3) is 0. The van der Waals surface area contributed by atoms with Crippen LogP contribution in [0.5, 0.6) is 0 Å². The number of benzene rings is 2. The third kappa shape index (κ3) is 2.01. The molecule has 2 nitrogen and oxygen atoms in total. The largest absolute Gasteiger partial charge is 0.477 e. The van der Waals surface area contributed by atoms with E-state index in [9.17, 15) is 13.6 Å². The monoisotopic (exact) mass is 234 g/mol. The summed E-state index contributed by atoms with van der Waals surface area (Å²) in [7, 11) is 0. The molecule has 0 saturated heterocycles. The highest BCUT2D eigenvalue weighted by molar-refractivity contribution is 5.90. The molecule has 17 heavy (non-hydrogen) atoms. The summed E-state index contributed by atoms with van der Waals surface area (Å²) < 4.78 is 27.0. The fourth-order valence-corrected chi connectivity index (χ4v) is 1.59. The number of hydrogen-bond acceptors (Lipinski definition) is 1. The van der Waals surface area contributed by atoms with Crippen LogP contribution in [0.2, 0.25) is 0 Å². The van der Waals surface area contributed by atoms with Crippen LogP contribution >= 0.6 is 0 Å². The zero-order chi connectivity index (χ0) is 12.4. The molecule has 86 valence electrons. The molecule has 0 amide bonds. The van der Waals surface area contributed by atoms with Crippen LogP contribution in [0.3, 0.4) is 0 Å². The van der Waals surface area contributed by atoms with Gasteiger partial charge >= 0.3 is 5.97 Å². The van der Waals surface area contributed by atoms with Crippen LogP contribution in [0, 0.1) is 11.6 Å². The molecule has 0 unspecified atom stereocenters. The number of rotatable bonds is 2. The molecule has 0 spiro atoms. The maximum absolute atomic E-state index is 13.8. The second-order valence-electron chi connectivity index (χ2n) is 3.46. The van der Waals surface area contributed by atoms with Crippen molar-refractivity contribution in [3.63, 3.8) is 0 Å². The summed E-state index contributed by atoms with van der Waals surface area (Å²) in [6, 6.07) is 10.6. The maximum Gasteiger partial charge on any atom is 0.341 e. The van der Waals surface area contributed by atoms with Crippen LogP contribution < -0.4 is 0 Å². The summed E-state index contributed by atoms with van der Waals surface area (Å²) in [5.74, 6) is -3.74. The van der Waals surface area contributed by atoms with Gasteiger partial charge in [0.25, 0.3) is 0 Å². The molecule has 4 heteroatoms. The van der Waals surface area contributed by atoms with Crippen molar-refractivity contribution in [1.82, 2.24) is 0 Å². The smallest absolute Gasteiger partial charge is 0.341 e. The van der Waals surface area contributed by atoms with Gasteiger partial charge in [0, 0.05) is 5.56 Å². The standard InChI is InChI=1S/C13H8F2O2/c14-10-7-6-9(8-4-2-1-3-5-8)12(15)11(10)13(16)17/h1-7H,(H,16,17). The van der Waals surface area contributed by atoms with Crippen LogP contribution in [0.1, 0.15) is 10.4 Å². The van der Waals surface area contributed by atoms with Gasteiger partial charge in [0.1, 0.15) is 17.2 Å². The zero-order valence-corrected chi connectivity index (χ0v) is 8.65. The number of carbonyl (C=O) groups is 1. The van der Waals surface area contributed by atoms with E-state index in [0.717, 1.165) is 6.07 Å². The van der Waals surface area contributed by atoms with E-state index in [1.807, 2.05) is 0 Å². The first kappa shape index (κ1) is 11.3. The molecule has 0 aliphatic rings. The minimum Gasteiger partial charge on any atom is -0.477 e. The summed E-state index contributed by atoms with van der Waals surface area (Å²) in [4.78, 5) is 10.7.